The monoisotopic (exact) mass is 398 g/mol. The molecule has 0 aliphatic carbocycles. The maximum atomic E-state index is 13.3. The highest BCUT2D eigenvalue weighted by molar-refractivity contribution is 5.96. The van der Waals surface area contributed by atoms with Gasteiger partial charge in [-0.3, -0.25) is 15.0 Å². The van der Waals surface area contributed by atoms with Gasteiger partial charge >= 0.3 is 0 Å². The zero-order chi connectivity index (χ0) is 21.1. The van der Waals surface area contributed by atoms with Crippen molar-refractivity contribution in [3.63, 3.8) is 0 Å². The van der Waals surface area contributed by atoms with E-state index in [1.807, 2.05) is 53.4 Å². The first-order chi connectivity index (χ1) is 14.5. The highest BCUT2D eigenvalue weighted by atomic mass is 16.2. The third kappa shape index (κ3) is 3.93. The number of pyridine rings is 1. The number of carbonyl (C=O) groups is 1. The Kier molecular flexibility index (Phi) is 5.30. The summed E-state index contributed by atoms with van der Waals surface area (Å²) in [4.78, 5) is 29.0. The second kappa shape index (κ2) is 8.21. The van der Waals surface area contributed by atoms with Crippen LogP contribution in [0.5, 0.6) is 0 Å². The molecule has 1 aliphatic heterocycles. The molecule has 1 amide bonds. The van der Waals surface area contributed by atoms with Crippen molar-refractivity contribution >= 4 is 11.7 Å². The molecular formula is C24H22N4O2. The number of aromatic amines is 1. The van der Waals surface area contributed by atoms with Gasteiger partial charge in [0.25, 0.3) is 5.91 Å². The van der Waals surface area contributed by atoms with Crippen molar-refractivity contribution in [2.45, 2.75) is 12.5 Å². The van der Waals surface area contributed by atoms with Gasteiger partial charge < -0.3 is 15.6 Å². The molecule has 150 valence electrons. The van der Waals surface area contributed by atoms with Crippen LogP contribution in [0.2, 0.25) is 0 Å². The summed E-state index contributed by atoms with van der Waals surface area (Å²) in [5.41, 5.74) is 9.51. The maximum Gasteiger partial charge on any atom is 0.254 e. The molecule has 0 fully saturated rings. The number of H-pyrrole nitrogens is 1. The molecule has 0 saturated carbocycles. The molecule has 4 N–H and O–H groups in total. The molecule has 2 heterocycles. The van der Waals surface area contributed by atoms with Crippen LogP contribution in [0.4, 0.5) is 0 Å². The number of nitrogens with zero attached hydrogens (tertiary/aromatic N) is 1. The van der Waals surface area contributed by atoms with E-state index in [-0.39, 0.29) is 23.3 Å². The van der Waals surface area contributed by atoms with Crippen molar-refractivity contribution in [2.24, 2.45) is 5.73 Å². The molecule has 2 aromatic carbocycles. The van der Waals surface area contributed by atoms with Gasteiger partial charge in [-0.15, -0.1) is 0 Å². The van der Waals surface area contributed by atoms with Crippen molar-refractivity contribution < 1.29 is 4.79 Å². The molecule has 30 heavy (non-hydrogen) atoms. The van der Waals surface area contributed by atoms with E-state index in [0.29, 0.717) is 24.1 Å². The molecule has 0 radical (unpaired) electrons. The van der Waals surface area contributed by atoms with E-state index < -0.39 is 0 Å². The minimum absolute atomic E-state index is 0.0129. The summed E-state index contributed by atoms with van der Waals surface area (Å²) in [7, 11) is 0. The van der Waals surface area contributed by atoms with E-state index in [1.54, 1.807) is 18.3 Å². The van der Waals surface area contributed by atoms with Crippen LogP contribution >= 0.6 is 0 Å². The predicted molar refractivity (Wildman–Crippen MR) is 117 cm³/mol. The molecule has 0 saturated heterocycles. The zero-order valence-electron chi connectivity index (χ0n) is 16.3. The van der Waals surface area contributed by atoms with Crippen LogP contribution < -0.4 is 11.3 Å². The normalized spacial score (nSPS) is 15.7. The summed E-state index contributed by atoms with van der Waals surface area (Å²) >= 11 is 0. The van der Waals surface area contributed by atoms with Crippen molar-refractivity contribution in [3.05, 3.63) is 106 Å². The zero-order valence-corrected chi connectivity index (χ0v) is 16.3. The number of nitrogen functional groups attached to an aromatic ring is 1. The van der Waals surface area contributed by atoms with Gasteiger partial charge in [-0.2, -0.15) is 0 Å². The van der Waals surface area contributed by atoms with Gasteiger partial charge in [0, 0.05) is 29.9 Å². The summed E-state index contributed by atoms with van der Waals surface area (Å²) in [6, 6.07) is 18.0. The fourth-order valence-corrected chi connectivity index (χ4v) is 3.68. The lowest BCUT2D eigenvalue weighted by Gasteiger charge is -2.33. The molecule has 1 atom stereocenters. The van der Waals surface area contributed by atoms with Crippen LogP contribution in [0.25, 0.3) is 11.1 Å². The first-order valence-corrected chi connectivity index (χ1v) is 9.72. The van der Waals surface area contributed by atoms with Crippen molar-refractivity contribution in [2.75, 3.05) is 6.54 Å². The van der Waals surface area contributed by atoms with Gasteiger partial charge in [-0.05, 0) is 47.4 Å². The number of carbonyl (C=O) groups excluding carboxylic acids is 1. The maximum absolute atomic E-state index is 13.3. The standard InChI is InChI=1S/C24H22N4O2/c25-23(26)19-5-3-4-18(14-19)21-6-1-2-13-28(21)24(30)17-9-7-16(8-10-17)20-11-12-22(29)27-15-20/h1-5,7-12,14-15,21H,6,13H2,(H3,25,26)(H,27,29). The number of hydrogen-bond donors (Lipinski definition) is 3. The number of rotatable bonds is 4. The van der Waals surface area contributed by atoms with Crippen LogP contribution in [0, 0.1) is 5.41 Å². The average Bonchev–Trinajstić information content (AvgIpc) is 2.79. The van der Waals surface area contributed by atoms with Crippen LogP contribution in [-0.2, 0) is 0 Å². The second-order valence-corrected chi connectivity index (χ2v) is 7.24. The number of amidine groups is 1. The first-order valence-electron chi connectivity index (χ1n) is 9.72. The lowest BCUT2D eigenvalue weighted by molar-refractivity contribution is 0.0692. The van der Waals surface area contributed by atoms with Crippen molar-refractivity contribution in [1.82, 2.24) is 9.88 Å². The molecule has 0 bridgehead atoms. The molecule has 1 aromatic heterocycles. The fourth-order valence-electron chi connectivity index (χ4n) is 3.68. The number of amides is 1. The van der Waals surface area contributed by atoms with E-state index >= 15 is 0 Å². The van der Waals surface area contributed by atoms with E-state index in [2.05, 4.69) is 11.1 Å². The van der Waals surface area contributed by atoms with Crippen LogP contribution in [0.15, 0.2) is 83.8 Å². The van der Waals surface area contributed by atoms with Gasteiger partial charge in [0.2, 0.25) is 5.56 Å². The van der Waals surface area contributed by atoms with Crippen molar-refractivity contribution in [1.29, 1.82) is 5.41 Å². The Morgan fingerprint density at radius 3 is 2.47 bits per heavy atom. The van der Waals surface area contributed by atoms with Crippen LogP contribution in [0.1, 0.15) is 33.9 Å². The minimum Gasteiger partial charge on any atom is -0.384 e. The molecule has 4 rings (SSSR count). The van der Waals surface area contributed by atoms with Crippen LogP contribution in [-0.4, -0.2) is 28.2 Å². The highest BCUT2D eigenvalue weighted by Gasteiger charge is 2.27. The highest BCUT2D eigenvalue weighted by Crippen LogP contribution is 2.30. The Balaban J connectivity index is 1.60. The Labute approximate surface area is 174 Å². The van der Waals surface area contributed by atoms with Gasteiger partial charge in [-0.1, -0.05) is 42.5 Å². The Bertz CT molecular complexity index is 1160. The topological polar surface area (TPSA) is 103 Å². The van der Waals surface area contributed by atoms with E-state index in [9.17, 15) is 9.59 Å². The number of hydrogen-bond acceptors (Lipinski definition) is 3. The third-order valence-electron chi connectivity index (χ3n) is 5.30. The van der Waals surface area contributed by atoms with Gasteiger partial charge in [0.1, 0.15) is 5.84 Å². The van der Waals surface area contributed by atoms with Crippen LogP contribution in [0.3, 0.4) is 0 Å². The molecule has 6 heteroatoms. The van der Waals surface area contributed by atoms with E-state index in [4.69, 9.17) is 11.1 Å². The smallest absolute Gasteiger partial charge is 0.254 e. The van der Waals surface area contributed by atoms with E-state index in [1.165, 1.54) is 6.07 Å². The summed E-state index contributed by atoms with van der Waals surface area (Å²) in [5.74, 6) is -0.0375. The largest absolute Gasteiger partial charge is 0.384 e. The Hall–Kier alpha value is -3.93. The number of benzene rings is 2. The first kappa shape index (κ1) is 19.4. The summed E-state index contributed by atoms with van der Waals surface area (Å²) < 4.78 is 0. The SMILES string of the molecule is N=C(N)c1cccc(C2CC=CCN2C(=O)c2ccc(-c3ccc(=O)[nH]c3)cc2)c1. The molecule has 1 aliphatic rings. The molecule has 0 spiro atoms. The average molecular weight is 398 g/mol. The minimum atomic E-state index is -0.149. The van der Waals surface area contributed by atoms with Gasteiger partial charge in [-0.25, -0.2) is 0 Å². The predicted octanol–water partition coefficient (Wildman–Crippen LogP) is 3.47. The van der Waals surface area contributed by atoms with E-state index in [0.717, 1.165) is 16.7 Å². The molecular weight excluding hydrogens is 376 g/mol. The number of nitrogens with one attached hydrogen (secondary N) is 2. The lowest BCUT2D eigenvalue weighted by atomic mass is 9.96. The van der Waals surface area contributed by atoms with Gasteiger partial charge in [0.05, 0.1) is 6.04 Å². The lowest BCUT2D eigenvalue weighted by Crippen LogP contribution is -2.36. The Morgan fingerprint density at radius 2 is 1.77 bits per heavy atom. The summed E-state index contributed by atoms with van der Waals surface area (Å²) in [6.07, 6.45) is 6.45. The Morgan fingerprint density at radius 1 is 1.00 bits per heavy atom. The summed E-state index contributed by atoms with van der Waals surface area (Å²) in [5, 5.41) is 7.68. The molecule has 6 nitrogen and oxygen atoms in total. The fraction of sp³-hybridized carbons (Fsp3) is 0.125. The van der Waals surface area contributed by atoms with Gasteiger partial charge in [0.15, 0.2) is 0 Å². The van der Waals surface area contributed by atoms with Crippen molar-refractivity contribution in [3.8, 4) is 11.1 Å². The summed E-state index contributed by atoms with van der Waals surface area (Å²) in [6.45, 7) is 0.523. The molecule has 3 aromatic rings. The third-order valence-corrected chi connectivity index (χ3v) is 5.30. The number of aromatic nitrogens is 1. The quantitative estimate of drug-likeness (QED) is 0.356. The second-order valence-electron chi connectivity index (χ2n) is 7.24. The number of nitrogens with two attached hydrogens (primary N) is 1. The molecule has 1 unspecified atom stereocenters.